The highest BCUT2D eigenvalue weighted by Gasteiger charge is 2.14. The van der Waals surface area contributed by atoms with Gasteiger partial charge in [-0.25, -0.2) is 0 Å². The van der Waals surface area contributed by atoms with Gasteiger partial charge in [0.05, 0.1) is 18.9 Å². The summed E-state index contributed by atoms with van der Waals surface area (Å²) in [4.78, 5) is 0. The fourth-order valence-electron chi connectivity index (χ4n) is 1.43. The van der Waals surface area contributed by atoms with Crippen molar-refractivity contribution < 1.29 is 4.74 Å². The van der Waals surface area contributed by atoms with E-state index in [0.717, 1.165) is 26.3 Å². The molecule has 0 radical (unpaired) electrons. The van der Waals surface area contributed by atoms with Crippen molar-refractivity contribution in [3.8, 4) is 0 Å². The van der Waals surface area contributed by atoms with E-state index in [1.54, 1.807) is 0 Å². The molecule has 0 aliphatic carbocycles. The van der Waals surface area contributed by atoms with Gasteiger partial charge in [0.15, 0.2) is 0 Å². The molecular weight excluding hydrogens is 140 g/mol. The lowest BCUT2D eigenvalue weighted by molar-refractivity contribution is 0.147. The molecule has 0 spiro atoms. The molecule has 0 aromatic carbocycles. The molecule has 2 saturated heterocycles. The maximum Gasteiger partial charge on any atom is 0.0895 e. The van der Waals surface area contributed by atoms with Gasteiger partial charge in [-0.2, -0.15) is 5.10 Å². The standard InChI is InChI=1S/C8H14N2O/c1-2-4-10(5-3-1)9-8-6-11-7-8/h1-7H2. The number of hydrazone groups is 1. The van der Waals surface area contributed by atoms with E-state index in [9.17, 15) is 0 Å². The topological polar surface area (TPSA) is 24.8 Å². The first-order valence-corrected chi connectivity index (χ1v) is 4.34. The van der Waals surface area contributed by atoms with Gasteiger partial charge in [-0.05, 0) is 19.3 Å². The zero-order chi connectivity index (χ0) is 7.52. The summed E-state index contributed by atoms with van der Waals surface area (Å²) in [5.74, 6) is 0. The molecule has 3 nitrogen and oxygen atoms in total. The highest BCUT2D eigenvalue weighted by molar-refractivity contribution is 5.90. The van der Waals surface area contributed by atoms with Crippen LogP contribution in [0.25, 0.3) is 0 Å². The Labute approximate surface area is 67.0 Å². The van der Waals surface area contributed by atoms with Crippen molar-refractivity contribution in [1.29, 1.82) is 0 Å². The normalized spacial score (nSPS) is 24.7. The molecule has 0 aromatic rings. The summed E-state index contributed by atoms with van der Waals surface area (Å²) in [6, 6.07) is 0. The van der Waals surface area contributed by atoms with Crippen LogP contribution in [0.1, 0.15) is 19.3 Å². The lowest BCUT2D eigenvalue weighted by Gasteiger charge is -2.26. The summed E-state index contributed by atoms with van der Waals surface area (Å²) in [6.45, 7) is 3.81. The molecule has 62 valence electrons. The van der Waals surface area contributed by atoms with E-state index < -0.39 is 0 Å². The zero-order valence-corrected chi connectivity index (χ0v) is 6.75. The molecular formula is C8H14N2O. The minimum absolute atomic E-state index is 0.760. The summed E-state index contributed by atoms with van der Waals surface area (Å²) in [6.07, 6.45) is 3.98. The molecule has 0 atom stereocenters. The van der Waals surface area contributed by atoms with Crippen molar-refractivity contribution >= 4 is 5.71 Å². The van der Waals surface area contributed by atoms with Crippen LogP contribution in [0.2, 0.25) is 0 Å². The van der Waals surface area contributed by atoms with E-state index in [0.29, 0.717) is 0 Å². The third-order valence-corrected chi connectivity index (χ3v) is 2.15. The van der Waals surface area contributed by atoms with Crippen molar-refractivity contribution in [2.45, 2.75) is 19.3 Å². The van der Waals surface area contributed by atoms with E-state index >= 15 is 0 Å². The number of hydrogen-bond acceptors (Lipinski definition) is 3. The molecule has 0 amide bonds. The van der Waals surface area contributed by atoms with Crippen LogP contribution in [0.15, 0.2) is 5.10 Å². The Morgan fingerprint density at radius 1 is 1.09 bits per heavy atom. The van der Waals surface area contributed by atoms with E-state index in [4.69, 9.17) is 4.74 Å². The minimum atomic E-state index is 0.760. The summed E-state index contributed by atoms with van der Waals surface area (Å²) in [7, 11) is 0. The smallest absolute Gasteiger partial charge is 0.0895 e. The third-order valence-electron chi connectivity index (χ3n) is 2.15. The SMILES string of the molecule is C1CCN(N=C2COC2)CC1. The summed E-state index contributed by atoms with van der Waals surface area (Å²) < 4.78 is 5.02. The molecule has 2 rings (SSSR count). The number of hydrogen-bond donors (Lipinski definition) is 0. The Bertz CT molecular complexity index is 155. The van der Waals surface area contributed by atoms with Crippen molar-refractivity contribution in [3.05, 3.63) is 0 Å². The van der Waals surface area contributed by atoms with Crippen LogP contribution < -0.4 is 0 Å². The highest BCUT2D eigenvalue weighted by atomic mass is 16.5. The molecule has 0 saturated carbocycles. The van der Waals surface area contributed by atoms with Crippen LogP contribution in [0.4, 0.5) is 0 Å². The molecule has 2 aliphatic heterocycles. The van der Waals surface area contributed by atoms with Crippen molar-refractivity contribution in [2.24, 2.45) is 5.10 Å². The summed E-state index contributed by atoms with van der Waals surface area (Å²) >= 11 is 0. The fourth-order valence-corrected chi connectivity index (χ4v) is 1.43. The molecule has 2 fully saturated rings. The van der Waals surface area contributed by atoms with E-state index in [1.165, 1.54) is 25.0 Å². The van der Waals surface area contributed by atoms with Crippen molar-refractivity contribution in [1.82, 2.24) is 5.01 Å². The summed E-state index contributed by atoms with van der Waals surface area (Å²) in [5.41, 5.74) is 1.21. The van der Waals surface area contributed by atoms with Gasteiger partial charge < -0.3 is 4.74 Å². The Balaban J connectivity index is 1.83. The second-order valence-electron chi connectivity index (χ2n) is 3.17. The monoisotopic (exact) mass is 154 g/mol. The predicted molar refractivity (Wildman–Crippen MR) is 43.7 cm³/mol. The fraction of sp³-hybridized carbons (Fsp3) is 0.875. The Morgan fingerprint density at radius 2 is 1.82 bits per heavy atom. The lowest BCUT2D eigenvalue weighted by Crippen LogP contribution is -2.33. The quantitative estimate of drug-likeness (QED) is 0.559. The second-order valence-corrected chi connectivity index (χ2v) is 3.17. The number of ether oxygens (including phenoxy) is 1. The first-order chi connectivity index (χ1) is 5.45. The van der Waals surface area contributed by atoms with Crippen LogP contribution in [-0.4, -0.2) is 37.0 Å². The maximum absolute atomic E-state index is 5.02. The van der Waals surface area contributed by atoms with Gasteiger partial charge in [-0.1, -0.05) is 0 Å². The molecule has 0 bridgehead atoms. The average Bonchev–Trinajstić information content (AvgIpc) is 1.99. The van der Waals surface area contributed by atoms with Crippen LogP contribution in [0.3, 0.4) is 0 Å². The lowest BCUT2D eigenvalue weighted by atomic mass is 10.2. The van der Waals surface area contributed by atoms with Crippen molar-refractivity contribution in [2.75, 3.05) is 26.3 Å². The van der Waals surface area contributed by atoms with Gasteiger partial charge >= 0.3 is 0 Å². The molecule has 2 heterocycles. The first-order valence-electron chi connectivity index (χ1n) is 4.34. The van der Waals surface area contributed by atoms with Gasteiger partial charge in [0.2, 0.25) is 0 Å². The van der Waals surface area contributed by atoms with Gasteiger partial charge in [0.1, 0.15) is 0 Å². The predicted octanol–water partition coefficient (Wildman–Crippen LogP) is 0.859. The minimum Gasteiger partial charge on any atom is -0.369 e. The van der Waals surface area contributed by atoms with Crippen LogP contribution in [0, 0.1) is 0 Å². The molecule has 2 aliphatic rings. The van der Waals surface area contributed by atoms with Gasteiger partial charge in [-0.15, -0.1) is 0 Å². The number of rotatable bonds is 1. The van der Waals surface area contributed by atoms with E-state index in [1.807, 2.05) is 0 Å². The highest BCUT2D eigenvalue weighted by Crippen LogP contribution is 2.10. The molecule has 0 N–H and O–H groups in total. The van der Waals surface area contributed by atoms with Gasteiger partial charge in [-0.3, -0.25) is 5.01 Å². The van der Waals surface area contributed by atoms with Crippen LogP contribution >= 0.6 is 0 Å². The molecule has 3 heteroatoms. The first kappa shape index (κ1) is 7.10. The van der Waals surface area contributed by atoms with Crippen molar-refractivity contribution in [3.63, 3.8) is 0 Å². The van der Waals surface area contributed by atoms with Crippen LogP contribution in [0.5, 0.6) is 0 Å². The zero-order valence-electron chi connectivity index (χ0n) is 6.75. The molecule has 0 unspecified atom stereocenters. The molecule has 0 aromatic heterocycles. The van der Waals surface area contributed by atoms with E-state index in [-0.39, 0.29) is 0 Å². The van der Waals surface area contributed by atoms with Crippen LogP contribution in [-0.2, 0) is 4.74 Å². The largest absolute Gasteiger partial charge is 0.369 e. The second kappa shape index (κ2) is 3.22. The van der Waals surface area contributed by atoms with Gasteiger partial charge in [0.25, 0.3) is 0 Å². The molecule has 11 heavy (non-hydrogen) atoms. The Morgan fingerprint density at radius 3 is 2.36 bits per heavy atom. The average molecular weight is 154 g/mol. The summed E-state index contributed by atoms with van der Waals surface area (Å²) in [5, 5.41) is 6.65. The Hall–Kier alpha value is -0.570. The maximum atomic E-state index is 5.02. The number of piperidine rings is 1. The van der Waals surface area contributed by atoms with E-state index in [2.05, 4.69) is 10.1 Å². The third kappa shape index (κ3) is 1.71. The Kier molecular flexibility index (Phi) is 2.08. The number of nitrogens with zero attached hydrogens (tertiary/aromatic N) is 2. The van der Waals surface area contributed by atoms with Gasteiger partial charge in [0, 0.05) is 13.1 Å².